The highest BCUT2D eigenvalue weighted by molar-refractivity contribution is 5.97. The number of hydrogen-bond acceptors (Lipinski definition) is 4. The molecule has 0 bridgehead atoms. The SMILES string of the molecule is C=C(C)[C@@H]1Oc2cc(O)c(C(C)=O)cc2[C@H]1O. The van der Waals surface area contributed by atoms with Gasteiger partial charge in [-0.1, -0.05) is 6.58 Å². The molecule has 0 saturated heterocycles. The van der Waals surface area contributed by atoms with Crippen LogP contribution in [0.25, 0.3) is 0 Å². The summed E-state index contributed by atoms with van der Waals surface area (Å²) in [6.45, 7) is 6.85. The predicted octanol–water partition coefficient (Wildman–Crippen LogP) is 1.97. The number of phenols is 1. The molecule has 0 spiro atoms. The number of ketones is 1. The second-order valence-electron chi connectivity index (χ2n) is 4.29. The predicted molar refractivity (Wildman–Crippen MR) is 62.3 cm³/mol. The first-order chi connectivity index (χ1) is 7.91. The van der Waals surface area contributed by atoms with Gasteiger partial charge in [-0.05, 0) is 25.5 Å². The van der Waals surface area contributed by atoms with Crippen LogP contribution in [-0.4, -0.2) is 22.1 Å². The quantitative estimate of drug-likeness (QED) is 0.606. The summed E-state index contributed by atoms with van der Waals surface area (Å²) in [7, 11) is 0. The molecule has 1 aliphatic heterocycles. The van der Waals surface area contributed by atoms with Crippen LogP contribution < -0.4 is 4.74 Å². The van der Waals surface area contributed by atoms with E-state index >= 15 is 0 Å². The maximum absolute atomic E-state index is 11.3. The van der Waals surface area contributed by atoms with E-state index in [-0.39, 0.29) is 17.1 Å². The summed E-state index contributed by atoms with van der Waals surface area (Å²) in [6, 6.07) is 2.83. The van der Waals surface area contributed by atoms with E-state index in [1.807, 2.05) is 0 Å². The van der Waals surface area contributed by atoms with Gasteiger partial charge in [0.25, 0.3) is 0 Å². The molecule has 4 nitrogen and oxygen atoms in total. The van der Waals surface area contributed by atoms with Crippen LogP contribution >= 0.6 is 0 Å². The number of phenolic OH excluding ortho intramolecular Hbond substituents is 1. The standard InChI is InChI=1S/C13H14O4/c1-6(2)13-12(16)9-4-8(7(3)14)10(15)5-11(9)17-13/h4-5,12-13,15-16H,1H2,2-3H3/t12-,13+/m1/s1. The van der Waals surface area contributed by atoms with E-state index in [9.17, 15) is 15.0 Å². The Hall–Kier alpha value is -1.81. The molecule has 90 valence electrons. The lowest BCUT2D eigenvalue weighted by Gasteiger charge is -2.13. The van der Waals surface area contributed by atoms with Gasteiger partial charge in [-0.2, -0.15) is 0 Å². The number of aromatic hydroxyl groups is 1. The van der Waals surface area contributed by atoms with Gasteiger partial charge >= 0.3 is 0 Å². The number of Topliss-reactive ketones (excluding diaryl/α,β-unsaturated/α-hetero) is 1. The van der Waals surface area contributed by atoms with Crippen LogP contribution in [0.4, 0.5) is 0 Å². The molecule has 0 fully saturated rings. The minimum Gasteiger partial charge on any atom is -0.507 e. The number of hydrogen-bond donors (Lipinski definition) is 2. The highest BCUT2D eigenvalue weighted by Crippen LogP contribution is 2.42. The summed E-state index contributed by atoms with van der Waals surface area (Å²) in [4.78, 5) is 11.3. The number of aliphatic hydroxyl groups excluding tert-OH is 1. The molecule has 2 rings (SSSR count). The molecule has 0 aliphatic carbocycles. The zero-order valence-electron chi connectivity index (χ0n) is 9.73. The third-order valence-electron chi connectivity index (χ3n) is 2.85. The van der Waals surface area contributed by atoms with Gasteiger partial charge in [-0.15, -0.1) is 0 Å². The van der Waals surface area contributed by atoms with Gasteiger partial charge in [0.05, 0.1) is 5.56 Å². The lowest BCUT2D eigenvalue weighted by molar-refractivity contribution is 0.0900. The number of benzene rings is 1. The van der Waals surface area contributed by atoms with Crippen LogP contribution in [0.3, 0.4) is 0 Å². The molecule has 0 saturated carbocycles. The van der Waals surface area contributed by atoms with Crippen LogP contribution in [0.2, 0.25) is 0 Å². The maximum Gasteiger partial charge on any atom is 0.163 e. The zero-order chi connectivity index (χ0) is 12.7. The van der Waals surface area contributed by atoms with Crippen molar-refractivity contribution >= 4 is 5.78 Å². The van der Waals surface area contributed by atoms with E-state index in [1.54, 1.807) is 6.92 Å². The Kier molecular flexibility index (Phi) is 2.67. The Balaban J connectivity index is 2.50. The van der Waals surface area contributed by atoms with Crippen molar-refractivity contribution in [2.45, 2.75) is 26.1 Å². The first kappa shape index (κ1) is 11.7. The topological polar surface area (TPSA) is 66.8 Å². The molecule has 2 N–H and O–H groups in total. The van der Waals surface area contributed by atoms with Crippen LogP contribution in [0.5, 0.6) is 11.5 Å². The van der Waals surface area contributed by atoms with Crippen molar-refractivity contribution in [3.63, 3.8) is 0 Å². The Bertz CT molecular complexity index is 504. The van der Waals surface area contributed by atoms with Gasteiger partial charge in [0.1, 0.15) is 23.7 Å². The summed E-state index contributed by atoms with van der Waals surface area (Å²) in [6.07, 6.45) is -1.37. The second-order valence-corrected chi connectivity index (χ2v) is 4.29. The van der Waals surface area contributed by atoms with Crippen LogP contribution in [0.15, 0.2) is 24.3 Å². The molecule has 1 aromatic rings. The summed E-state index contributed by atoms with van der Waals surface area (Å²) >= 11 is 0. The molecule has 1 aromatic carbocycles. The fourth-order valence-electron chi connectivity index (χ4n) is 1.94. The number of ether oxygens (including phenoxy) is 1. The molecular formula is C13H14O4. The van der Waals surface area contributed by atoms with E-state index in [2.05, 4.69) is 6.58 Å². The number of fused-ring (bicyclic) bond motifs is 1. The molecule has 0 amide bonds. The minimum absolute atomic E-state index is 0.134. The summed E-state index contributed by atoms with van der Waals surface area (Å²) in [5.41, 5.74) is 1.40. The molecule has 2 atom stereocenters. The van der Waals surface area contributed by atoms with Crippen LogP contribution in [0.1, 0.15) is 35.9 Å². The van der Waals surface area contributed by atoms with Crippen molar-refractivity contribution in [1.29, 1.82) is 0 Å². The Morgan fingerprint density at radius 2 is 2.06 bits per heavy atom. The van der Waals surface area contributed by atoms with Crippen LogP contribution in [0, 0.1) is 0 Å². The average molecular weight is 234 g/mol. The van der Waals surface area contributed by atoms with Gasteiger partial charge in [-0.25, -0.2) is 0 Å². The van der Waals surface area contributed by atoms with Crippen molar-refractivity contribution in [3.8, 4) is 11.5 Å². The molecule has 17 heavy (non-hydrogen) atoms. The molecular weight excluding hydrogens is 220 g/mol. The van der Waals surface area contributed by atoms with E-state index in [4.69, 9.17) is 4.74 Å². The monoisotopic (exact) mass is 234 g/mol. The van der Waals surface area contributed by atoms with E-state index in [1.165, 1.54) is 19.1 Å². The summed E-state index contributed by atoms with van der Waals surface area (Å²) < 4.78 is 5.48. The Morgan fingerprint density at radius 3 is 2.59 bits per heavy atom. The smallest absolute Gasteiger partial charge is 0.163 e. The Labute approximate surface area is 99.2 Å². The largest absolute Gasteiger partial charge is 0.507 e. The van der Waals surface area contributed by atoms with Gasteiger partial charge in [0.15, 0.2) is 5.78 Å². The van der Waals surface area contributed by atoms with Gasteiger partial charge in [-0.3, -0.25) is 4.79 Å². The van der Waals surface area contributed by atoms with Crippen molar-refractivity contribution in [1.82, 2.24) is 0 Å². The first-order valence-corrected chi connectivity index (χ1v) is 5.29. The van der Waals surface area contributed by atoms with Crippen molar-refractivity contribution < 1.29 is 19.7 Å². The summed E-state index contributed by atoms with van der Waals surface area (Å²) in [5.74, 6) is 0.00934. The van der Waals surface area contributed by atoms with Crippen molar-refractivity contribution in [2.75, 3.05) is 0 Å². The molecule has 1 heterocycles. The fourth-order valence-corrected chi connectivity index (χ4v) is 1.94. The number of carbonyl (C=O) groups is 1. The van der Waals surface area contributed by atoms with Gasteiger partial charge in [0, 0.05) is 11.6 Å². The second kappa shape index (κ2) is 3.89. The molecule has 0 unspecified atom stereocenters. The molecule has 0 radical (unpaired) electrons. The van der Waals surface area contributed by atoms with E-state index < -0.39 is 12.2 Å². The normalized spacial score (nSPS) is 21.8. The van der Waals surface area contributed by atoms with Crippen LogP contribution in [-0.2, 0) is 0 Å². The third kappa shape index (κ3) is 1.80. The Morgan fingerprint density at radius 1 is 1.41 bits per heavy atom. The average Bonchev–Trinajstić information content (AvgIpc) is 2.54. The third-order valence-corrected chi connectivity index (χ3v) is 2.85. The highest BCUT2D eigenvalue weighted by atomic mass is 16.5. The number of rotatable bonds is 2. The lowest BCUT2D eigenvalue weighted by atomic mass is 9.99. The first-order valence-electron chi connectivity index (χ1n) is 5.29. The van der Waals surface area contributed by atoms with Gasteiger partial charge in [0.2, 0.25) is 0 Å². The molecule has 0 aromatic heterocycles. The lowest BCUT2D eigenvalue weighted by Crippen LogP contribution is -2.19. The van der Waals surface area contributed by atoms with E-state index in [0.29, 0.717) is 16.9 Å². The minimum atomic E-state index is -0.846. The fraction of sp³-hybridized carbons (Fsp3) is 0.308. The zero-order valence-corrected chi connectivity index (χ0v) is 9.73. The van der Waals surface area contributed by atoms with E-state index in [0.717, 1.165) is 0 Å². The summed E-state index contributed by atoms with van der Waals surface area (Å²) in [5, 5.41) is 19.7. The molecule has 4 heteroatoms. The van der Waals surface area contributed by atoms with Crippen molar-refractivity contribution in [2.24, 2.45) is 0 Å². The number of carbonyl (C=O) groups excluding carboxylic acids is 1. The maximum atomic E-state index is 11.3. The molecule has 1 aliphatic rings. The van der Waals surface area contributed by atoms with Crippen molar-refractivity contribution in [3.05, 3.63) is 35.4 Å². The number of aliphatic hydroxyl groups is 1. The van der Waals surface area contributed by atoms with Gasteiger partial charge < -0.3 is 14.9 Å². The highest BCUT2D eigenvalue weighted by Gasteiger charge is 2.34.